The first-order chi connectivity index (χ1) is 9.63. The average molecular weight is 297 g/mol. The van der Waals surface area contributed by atoms with Crippen molar-refractivity contribution in [2.75, 3.05) is 26.2 Å². The summed E-state index contributed by atoms with van der Waals surface area (Å²) in [7, 11) is 0. The molecule has 0 saturated carbocycles. The minimum absolute atomic E-state index is 0.0376. The molecule has 1 aliphatic rings. The van der Waals surface area contributed by atoms with Crippen LogP contribution in [0.5, 0.6) is 0 Å². The second-order valence-electron chi connectivity index (χ2n) is 7.57. The zero-order chi connectivity index (χ0) is 16.1. The topological polar surface area (TPSA) is 61.4 Å². The van der Waals surface area contributed by atoms with Crippen molar-refractivity contribution in [2.24, 2.45) is 5.41 Å². The molecule has 0 aromatic rings. The molecule has 2 amide bonds. The number of carbonyl (C=O) groups excluding carboxylic acids is 2. The number of nitrogens with zero attached hydrogens (tertiary/aromatic N) is 1. The monoisotopic (exact) mass is 297 g/mol. The Morgan fingerprint density at radius 1 is 0.952 bits per heavy atom. The summed E-state index contributed by atoms with van der Waals surface area (Å²) in [6, 6.07) is 0. The molecule has 1 rings (SSSR count). The van der Waals surface area contributed by atoms with Gasteiger partial charge in [0, 0.05) is 17.5 Å². The first-order valence-electron chi connectivity index (χ1n) is 7.93. The van der Waals surface area contributed by atoms with Crippen LogP contribution < -0.4 is 10.6 Å². The fraction of sp³-hybridized carbons (Fsp3) is 0.875. The van der Waals surface area contributed by atoms with E-state index >= 15 is 0 Å². The smallest absolute Gasteiger partial charge is 0.239 e. The molecule has 5 nitrogen and oxygen atoms in total. The molecule has 1 fully saturated rings. The normalized spacial score (nSPS) is 17.4. The Balaban J connectivity index is 2.33. The third kappa shape index (κ3) is 6.04. The number of piperidine rings is 1. The molecule has 2 N–H and O–H groups in total. The molecule has 0 radical (unpaired) electrons. The van der Waals surface area contributed by atoms with Gasteiger partial charge in [-0.1, -0.05) is 27.2 Å². The van der Waals surface area contributed by atoms with Crippen molar-refractivity contribution in [1.29, 1.82) is 0 Å². The molecule has 0 aromatic heterocycles. The zero-order valence-electron chi connectivity index (χ0n) is 14.2. The highest BCUT2D eigenvalue weighted by molar-refractivity contribution is 5.87. The molecular weight excluding hydrogens is 266 g/mol. The largest absolute Gasteiger partial charge is 0.353 e. The lowest BCUT2D eigenvalue weighted by molar-refractivity contribution is -0.131. The van der Waals surface area contributed by atoms with Gasteiger partial charge in [0.1, 0.15) is 0 Å². The number of carbonyl (C=O) groups is 2. The van der Waals surface area contributed by atoms with Crippen LogP contribution in [0.25, 0.3) is 0 Å². The van der Waals surface area contributed by atoms with E-state index in [9.17, 15) is 9.59 Å². The van der Waals surface area contributed by atoms with E-state index in [4.69, 9.17) is 0 Å². The SMILES string of the molecule is CC(C)(C)C(=O)NCC(=O)NCC(C)(C)N1CCCCC1. The minimum Gasteiger partial charge on any atom is -0.353 e. The maximum absolute atomic E-state index is 11.9. The van der Waals surface area contributed by atoms with E-state index in [-0.39, 0.29) is 23.9 Å². The fourth-order valence-electron chi connectivity index (χ4n) is 2.41. The van der Waals surface area contributed by atoms with E-state index in [2.05, 4.69) is 29.4 Å². The van der Waals surface area contributed by atoms with Gasteiger partial charge in [-0.15, -0.1) is 0 Å². The molecule has 0 aliphatic carbocycles. The Bertz CT molecular complexity index is 366. The number of rotatable bonds is 5. The standard InChI is InChI=1S/C16H31N3O2/c1-15(2,3)14(21)17-11-13(20)18-12-16(4,5)19-9-7-6-8-10-19/h6-12H2,1-5H3,(H,17,21)(H,18,20). The third-order valence-corrected chi connectivity index (χ3v) is 4.02. The van der Waals surface area contributed by atoms with E-state index < -0.39 is 5.41 Å². The van der Waals surface area contributed by atoms with Crippen LogP contribution in [-0.4, -0.2) is 48.4 Å². The maximum atomic E-state index is 11.9. The summed E-state index contributed by atoms with van der Waals surface area (Å²) in [5.74, 6) is -0.231. The van der Waals surface area contributed by atoms with Crippen molar-refractivity contribution >= 4 is 11.8 Å². The van der Waals surface area contributed by atoms with Gasteiger partial charge in [0.15, 0.2) is 0 Å². The lowest BCUT2D eigenvalue weighted by Gasteiger charge is -2.41. The molecule has 1 aliphatic heterocycles. The van der Waals surface area contributed by atoms with E-state index in [0.717, 1.165) is 13.1 Å². The van der Waals surface area contributed by atoms with E-state index in [0.29, 0.717) is 6.54 Å². The van der Waals surface area contributed by atoms with Crippen molar-refractivity contribution in [3.63, 3.8) is 0 Å². The van der Waals surface area contributed by atoms with E-state index in [1.165, 1.54) is 19.3 Å². The average Bonchev–Trinajstić information content (AvgIpc) is 2.42. The fourth-order valence-corrected chi connectivity index (χ4v) is 2.41. The van der Waals surface area contributed by atoms with Crippen LogP contribution in [0, 0.1) is 5.41 Å². The molecule has 0 bridgehead atoms. The first-order valence-corrected chi connectivity index (χ1v) is 7.93. The summed E-state index contributed by atoms with van der Waals surface area (Å²) in [6.45, 7) is 12.7. The number of hydrogen-bond donors (Lipinski definition) is 2. The van der Waals surface area contributed by atoms with Gasteiger partial charge in [-0.2, -0.15) is 0 Å². The summed E-state index contributed by atoms with van der Waals surface area (Å²) >= 11 is 0. The van der Waals surface area contributed by atoms with Gasteiger partial charge in [-0.3, -0.25) is 14.5 Å². The Morgan fingerprint density at radius 3 is 2.05 bits per heavy atom. The summed E-state index contributed by atoms with van der Waals surface area (Å²) in [4.78, 5) is 26.0. The van der Waals surface area contributed by atoms with Gasteiger partial charge in [-0.25, -0.2) is 0 Å². The Hall–Kier alpha value is -1.10. The highest BCUT2D eigenvalue weighted by atomic mass is 16.2. The van der Waals surface area contributed by atoms with Gasteiger partial charge < -0.3 is 10.6 Å². The van der Waals surface area contributed by atoms with Gasteiger partial charge in [-0.05, 0) is 39.8 Å². The molecule has 0 aromatic carbocycles. The number of amides is 2. The molecule has 0 atom stereocenters. The summed E-state index contributed by atoms with van der Waals surface area (Å²) in [6.07, 6.45) is 3.77. The molecule has 0 spiro atoms. The summed E-state index contributed by atoms with van der Waals surface area (Å²) in [5.41, 5.74) is -0.503. The second-order valence-corrected chi connectivity index (χ2v) is 7.57. The van der Waals surface area contributed by atoms with Gasteiger partial charge in [0.05, 0.1) is 6.54 Å². The quantitative estimate of drug-likeness (QED) is 0.809. The molecule has 1 saturated heterocycles. The lowest BCUT2D eigenvalue weighted by atomic mass is 9.96. The summed E-state index contributed by atoms with van der Waals surface area (Å²) < 4.78 is 0. The molecule has 122 valence electrons. The third-order valence-electron chi connectivity index (χ3n) is 4.02. The Morgan fingerprint density at radius 2 is 1.52 bits per heavy atom. The van der Waals surface area contributed by atoms with Crippen LogP contribution >= 0.6 is 0 Å². The minimum atomic E-state index is -0.465. The van der Waals surface area contributed by atoms with E-state index in [1.54, 1.807) is 0 Å². The van der Waals surface area contributed by atoms with Crippen molar-refractivity contribution in [3.05, 3.63) is 0 Å². The molecule has 1 heterocycles. The van der Waals surface area contributed by atoms with Gasteiger partial charge in [0.2, 0.25) is 11.8 Å². The van der Waals surface area contributed by atoms with Crippen molar-refractivity contribution < 1.29 is 9.59 Å². The first kappa shape index (κ1) is 18.0. The molecule has 5 heteroatoms. The maximum Gasteiger partial charge on any atom is 0.239 e. The van der Waals surface area contributed by atoms with Crippen LogP contribution in [0.2, 0.25) is 0 Å². The molecule has 21 heavy (non-hydrogen) atoms. The number of hydrogen-bond acceptors (Lipinski definition) is 3. The van der Waals surface area contributed by atoms with Crippen molar-refractivity contribution in [1.82, 2.24) is 15.5 Å². The Labute approximate surface area is 128 Å². The predicted octanol–water partition coefficient (Wildman–Crippen LogP) is 1.53. The molecule has 0 unspecified atom stereocenters. The van der Waals surface area contributed by atoms with Crippen LogP contribution in [0.15, 0.2) is 0 Å². The van der Waals surface area contributed by atoms with Crippen LogP contribution in [0.1, 0.15) is 53.9 Å². The van der Waals surface area contributed by atoms with Crippen molar-refractivity contribution in [3.8, 4) is 0 Å². The lowest BCUT2D eigenvalue weighted by Crippen LogP contribution is -2.54. The van der Waals surface area contributed by atoms with E-state index in [1.807, 2.05) is 20.8 Å². The summed E-state index contributed by atoms with van der Waals surface area (Å²) in [5, 5.41) is 5.61. The molecular formula is C16H31N3O2. The van der Waals surface area contributed by atoms with Crippen LogP contribution in [0.3, 0.4) is 0 Å². The van der Waals surface area contributed by atoms with Gasteiger partial charge >= 0.3 is 0 Å². The predicted molar refractivity (Wildman–Crippen MR) is 85.0 cm³/mol. The highest BCUT2D eigenvalue weighted by Gasteiger charge is 2.28. The number of nitrogens with one attached hydrogen (secondary N) is 2. The van der Waals surface area contributed by atoms with Crippen molar-refractivity contribution in [2.45, 2.75) is 59.4 Å². The highest BCUT2D eigenvalue weighted by Crippen LogP contribution is 2.19. The zero-order valence-corrected chi connectivity index (χ0v) is 14.2. The van der Waals surface area contributed by atoms with Crippen LogP contribution in [0.4, 0.5) is 0 Å². The Kier molecular flexibility index (Phi) is 6.20. The second kappa shape index (κ2) is 7.25. The van der Waals surface area contributed by atoms with Gasteiger partial charge in [0.25, 0.3) is 0 Å². The number of likely N-dealkylation sites (tertiary alicyclic amines) is 1. The van der Waals surface area contributed by atoms with Crippen LogP contribution in [-0.2, 0) is 9.59 Å².